The van der Waals surface area contributed by atoms with Gasteiger partial charge in [0.1, 0.15) is 0 Å². The van der Waals surface area contributed by atoms with Gasteiger partial charge in [-0.25, -0.2) is 0 Å². The molecule has 1 fully saturated rings. The fourth-order valence-corrected chi connectivity index (χ4v) is 2.55. The van der Waals surface area contributed by atoms with Gasteiger partial charge in [0.05, 0.1) is 21.3 Å². The minimum Gasteiger partial charge on any atom is -0.493 e. The van der Waals surface area contributed by atoms with Gasteiger partial charge in [0.15, 0.2) is 11.5 Å². The Bertz CT molecular complexity index is 578. The highest BCUT2D eigenvalue weighted by molar-refractivity contribution is 5.92. The van der Waals surface area contributed by atoms with Crippen molar-refractivity contribution < 1.29 is 19.0 Å². The molecule has 0 aromatic heterocycles. The number of hydrogen-bond acceptors (Lipinski definition) is 5. The van der Waals surface area contributed by atoms with E-state index in [4.69, 9.17) is 14.2 Å². The summed E-state index contributed by atoms with van der Waals surface area (Å²) in [5, 5.41) is 0. The highest BCUT2D eigenvalue weighted by atomic mass is 16.5. The first-order valence-electron chi connectivity index (χ1n) is 7.55. The molecule has 0 radical (unpaired) electrons. The van der Waals surface area contributed by atoms with Crippen molar-refractivity contribution >= 4 is 12.0 Å². The molecule has 1 heterocycles. The van der Waals surface area contributed by atoms with Crippen LogP contribution in [0.2, 0.25) is 0 Å². The minimum absolute atomic E-state index is 0.00920. The average Bonchev–Trinajstić information content (AvgIpc) is 2.59. The molecule has 1 aliphatic rings. The lowest BCUT2D eigenvalue weighted by molar-refractivity contribution is -0.127. The zero-order chi connectivity index (χ0) is 16.8. The van der Waals surface area contributed by atoms with E-state index in [1.807, 2.05) is 11.0 Å². The first kappa shape index (κ1) is 17.1. The van der Waals surface area contributed by atoms with Crippen LogP contribution in [0.5, 0.6) is 17.2 Å². The highest BCUT2D eigenvalue weighted by Gasteiger charge is 2.18. The average molecular weight is 320 g/mol. The van der Waals surface area contributed by atoms with Crippen LogP contribution < -0.4 is 14.2 Å². The predicted octanol–water partition coefficient (Wildman–Crippen LogP) is 1.50. The molecule has 23 heavy (non-hydrogen) atoms. The number of rotatable bonds is 5. The van der Waals surface area contributed by atoms with E-state index in [0.717, 1.165) is 31.7 Å². The van der Waals surface area contributed by atoms with Crippen LogP contribution >= 0.6 is 0 Å². The zero-order valence-corrected chi connectivity index (χ0v) is 14.2. The van der Waals surface area contributed by atoms with E-state index >= 15 is 0 Å². The Balaban J connectivity index is 2.17. The summed E-state index contributed by atoms with van der Waals surface area (Å²) in [4.78, 5) is 16.3. The van der Waals surface area contributed by atoms with Crippen molar-refractivity contribution in [3.63, 3.8) is 0 Å². The SMILES string of the molecule is COc1ccc(/C=C/C(=O)N2CCN(C)CC2)c(OC)c1OC. The molecule has 1 amide bonds. The van der Waals surface area contributed by atoms with Crippen LogP contribution in [-0.2, 0) is 4.79 Å². The summed E-state index contributed by atoms with van der Waals surface area (Å²) in [7, 11) is 6.76. The van der Waals surface area contributed by atoms with Gasteiger partial charge < -0.3 is 24.0 Å². The number of methoxy groups -OCH3 is 3. The van der Waals surface area contributed by atoms with E-state index in [9.17, 15) is 4.79 Å². The zero-order valence-electron chi connectivity index (χ0n) is 14.2. The lowest BCUT2D eigenvalue weighted by atomic mass is 10.1. The number of likely N-dealkylation sites (N-methyl/N-ethyl adjacent to an activating group) is 1. The minimum atomic E-state index is 0.00920. The van der Waals surface area contributed by atoms with Crippen LogP contribution in [0.1, 0.15) is 5.56 Å². The van der Waals surface area contributed by atoms with Gasteiger partial charge in [0.2, 0.25) is 11.7 Å². The Morgan fingerprint density at radius 2 is 1.65 bits per heavy atom. The van der Waals surface area contributed by atoms with Gasteiger partial charge in [-0.1, -0.05) is 0 Å². The normalized spacial score (nSPS) is 15.7. The van der Waals surface area contributed by atoms with Crippen LogP contribution in [0.25, 0.3) is 6.08 Å². The molecule has 1 saturated heterocycles. The maximum Gasteiger partial charge on any atom is 0.246 e. The Morgan fingerprint density at radius 1 is 1.00 bits per heavy atom. The number of carbonyl (C=O) groups is 1. The third-order valence-corrected chi connectivity index (χ3v) is 3.96. The van der Waals surface area contributed by atoms with Crippen LogP contribution in [0.3, 0.4) is 0 Å². The summed E-state index contributed by atoms with van der Waals surface area (Å²) in [5.41, 5.74) is 0.771. The van der Waals surface area contributed by atoms with Gasteiger partial charge in [-0.15, -0.1) is 0 Å². The Labute approximate surface area is 137 Å². The lowest BCUT2D eigenvalue weighted by Gasteiger charge is -2.31. The number of amides is 1. The molecule has 0 unspecified atom stereocenters. The van der Waals surface area contributed by atoms with E-state index in [0.29, 0.717) is 17.2 Å². The number of ether oxygens (including phenoxy) is 3. The first-order valence-corrected chi connectivity index (χ1v) is 7.55. The molecular formula is C17H24N2O4. The summed E-state index contributed by atoms with van der Waals surface area (Å²) in [5.74, 6) is 1.67. The number of benzene rings is 1. The van der Waals surface area contributed by atoms with Gasteiger partial charge in [0, 0.05) is 37.8 Å². The molecule has 0 atom stereocenters. The second-order valence-corrected chi connectivity index (χ2v) is 5.39. The molecule has 0 N–H and O–H groups in total. The van der Waals surface area contributed by atoms with Crippen molar-refractivity contribution in [2.45, 2.75) is 0 Å². The van der Waals surface area contributed by atoms with Crippen molar-refractivity contribution in [3.05, 3.63) is 23.8 Å². The second kappa shape index (κ2) is 7.87. The molecule has 1 aromatic rings. The van der Waals surface area contributed by atoms with Crippen molar-refractivity contribution in [2.75, 3.05) is 54.6 Å². The maximum atomic E-state index is 12.3. The van der Waals surface area contributed by atoms with Crippen LogP contribution in [0.15, 0.2) is 18.2 Å². The molecular weight excluding hydrogens is 296 g/mol. The molecule has 6 heteroatoms. The Hall–Kier alpha value is -2.21. The summed E-state index contributed by atoms with van der Waals surface area (Å²) in [6, 6.07) is 3.63. The maximum absolute atomic E-state index is 12.3. The second-order valence-electron chi connectivity index (χ2n) is 5.39. The number of hydrogen-bond donors (Lipinski definition) is 0. The van der Waals surface area contributed by atoms with Gasteiger partial charge in [0.25, 0.3) is 0 Å². The van der Waals surface area contributed by atoms with Crippen molar-refractivity contribution in [1.29, 1.82) is 0 Å². The molecule has 2 rings (SSSR count). The van der Waals surface area contributed by atoms with E-state index in [-0.39, 0.29) is 5.91 Å². The number of nitrogens with zero attached hydrogens (tertiary/aromatic N) is 2. The first-order chi connectivity index (χ1) is 11.1. The molecule has 1 aliphatic heterocycles. The van der Waals surface area contributed by atoms with Crippen molar-refractivity contribution in [2.24, 2.45) is 0 Å². The molecule has 0 bridgehead atoms. The molecule has 126 valence electrons. The van der Waals surface area contributed by atoms with E-state index in [1.54, 1.807) is 39.5 Å². The fourth-order valence-electron chi connectivity index (χ4n) is 2.55. The molecule has 0 saturated carbocycles. The highest BCUT2D eigenvalue weighted by Crippen LogP contribution is 2.40. The summed E-state index contributed by atoms with van der Waals surface area (Å²) in [6.45, 7) is 3.31. The molecule has 1 aromatic carbocycles. The van der Waals surface area contributed by atoms with E-state index in [1.165, 1.54) is 0 Å². The largest absolute Gasteiger partial charge is 0.493 e. The van der Waals surface area contributed by atoms with Gasteiger partial charge in [-0.05, 0) is 25.3 Å². The Kier molecular flexibility index (Phi) is 5.87. The smallest absolute Gasteiger partial charge is 0.246 e. The predicted molar refractivity (Wildman–Crippen MR) is 89.2 cm³/mol. The van der Waals surface area contributed by atoms with E-state index < -0.39 is 0 Å². The molecule has 6 nitrogen and oxygen atoms in total. The van der Waals surface area contributed by atoms with Crippen molar-refractivity contribution in [3.8, 4) is 17.2 Å². The summed E-state index contributed by atoms with van der Waals surface area (Å²) in [6.07, 6.45) is 3.33. The monoisotopic (exact) mass is 320 g/mol. The van der Waals surface area contributed by atoms with Gasteiger partial charge >= 0.3 is 0 Å². The van der Waals surface area contributed by atoms with Crippen LogP contribution in [-0.4, -0.2) is 70.3 Å². The van der Waals surface area contributed by atoms with Gasteiger partial charge in [-0.2, -0.15) is 0 Å². The summed E-state index contributed by atoms with van der Waals surface area (Å²) < 4.78 is 16.0. The fraction of sp³-hybridized carbons (Fsp3) is 0.471. The topological polar surface area (TPSA) is 51.2 Å². The van der Waals surface area contributed by atoms with E-state index in [2.05, 4.69) is 11.9 Å². The number of carbonyl (C=O) groups excluding carboxylic acids is 1. The summed E-state index contributed by atoms with van der Waals surface area (Å²) >= 11 is 0. The lowest BCUT2D eigenvalue weighted by Crippen LogP contribution is -2.46. The third kappa shape index (κ3) is 3.96. The van der Waals surface area contributed by atoms with Crippen LogP contribution in [0, 0.1) is 0 Å². The quantitative estimate of drug-likeness (QED) is 0.770. The third-order valence-electron chi connectivity index (χ3n) is 3.96. The molecule has 0 spiro atoms. The molecule has 0 aliphatic carbocycles. The standard InChI is InChI=1S/C17H24N2O4/c1-18-9-11-19(12-10-18)15(20)8-6-13-5-7-14(21-2)17(23-4)16(13)22-3/h5-8H,9-12H2,1-4H3/b8-6+. The Morgan fingerprint density at radius 3 is 2.22 bits per heavy atom. The van der Waals surface area contributed by atoms with Crippen molar-refractivity contribution in [1.82, 2.24) is 9.80 Å². The number of piperazine rings is 1. The van der Waals surface area contributed by atoms with Gasteiger partial charge in [-0.3, -0.25) is 4.79 Å². The van der Waals surface area contributed by atoms with Crippen LogP contribution in [0.4, 0.5) is 0 Å².